The molecule has 3 atom stereocenters. The molecule has 1 rings (SSSR count). The summed E-state index contributed by atoms with van der Waals surface area (Å²) < 4.78 is 15.4. The summed E-state index contributed by atoms with van der Waals surface area (Å²) in [5.74, 6) is -1.04. The van der Waals surface area contributed by atoms with Crippen molar-refractivity contribution in [2.45, 2.75) is 19.0 Å². The van der Waals surface area contributed by atoms with E-state index in [-0.39, 0.29) is 12.2 Å². The first-order valence-corrected chi connectivity index (χ1v) is 4.29. The lowest BCUT2D eigenvalue weighted by Crippen LogP contribution is -2.17. The second-order valence-electron chi connectivity index (χ2n) is 3.00. The summed E-state index contributed by atoms with van der Waals surface area (Å²) in [6.45, 7) is 0. The number of carbonyl (C=O) groups is 1. The highest BCUT2D eigenvalue weighted by Gasteiger charge is 2.33. The van der Waals surface area contributed by atoms with Crippen molar-refractivity contribution in [3.05, 3.63) is 12.2 Å². The molecule has 0 spiro atoms. The summed E-state index contributed by atoms with van der Waals surface area (Å²) in [5, 5.41) is 8.46. The quantitative estimate of drug-likeness (QED) is 0.676. The molecule has 0 radical (unpaired) electrons. The van der Waals surface area contributed by atoms with Crippen LogP contribution in [0.4, 0.5) is 0 Å². The SMILES string of the molecule is COC1CC(C=CC(=O)O)C(OC)O1. The van der Waals surface area contributed by atoms with Gasteiger partial charge in [-0.2, -0.15) is 0 Å². The van der Waals surface area contributed by atoms with Gasteiger partial charge in [-0.25, -0.2) is 4.79 Å². The Balaban J connectivity index is 2.54. The van der Waals surface area contributed by atoms with Gasteiger partial charge < -0.3 is 19.3 Å². The lowest BCUT2D eigenvalue weighted by molar-refractivity contribution is -0.190. The number of carboxylic acids is 1. The first-order chi connectivity index (χ1) is 6.67. The predicted molar refractivity (Wildman–Crippen MR) is 47.6 cm³/mol. The van der Waals surface area contributed by atoms with Crippen molar-refractivity contribution in [3.63, 3.8) is 0 Å². The normalized spacial score (nSPS) is 32.6. The largest absolute Gasteiger partial charge is 0.478 e. The van der Waals surface area contributed by atoms with Crippen LogP contribution in [-0.2, 0) is 19.0 Å². The van der Waals surface area contributed by atoms with Crippen LogP contribution >= 0.6 is 0 Å². The zero-order valence-electron chi connectivity index (χ0n) is 8.17. The van der Waals surface area contributed by atoms with Crippen molar-refractivity contribution in [3.8, 4) is 0 Å². The molecule has 5 heteroatoms. The second-order valence-corrected chi connectivity index (χ2v) is 3.00. The van der Waals surface area contributed by atoms with Crippen molar-refractivity contribution >= 4 is 5.97 Å². The summed E-state index contributed by atoms with van der Waals surface area (Å²) in [6, 6.07) is 0. The summed E-state index contributed by atoms with van der Waals surface area (Å²) >= 11 is 0. The average Bonchev–Trinajstić information content (AvgIpc) is 2.57. The highest BCUT2D eigenvalue weighted by molar-refractivity contribution is 5.79. The molecule has 1 saturated heterocycles. The Labute approximate surface area is 82.3 Å². The van der Waals surface area contributed by atoms with E-state index in [0.29, 0.717) is 6.42 Å². The van der Waals surface area contributed by atoms with Crippen LogP contribution in [0.5, 0.6) is 0 Å². The number of ether oxygens (including phenoxy) is 3. The molecule has 0 saturated carbocycles. The van der Waals surface area contributed by atoms with E-state index >= 15 is 0 Å². The fourth-order valence-electron chi connectivity index (χ4n) is 1.40. The second kappa shape index (κ2) is 5.09. The number of aliphatic carboxylic acids is 1. The van der Waals surface area contributed by atoms with Gasteiger partial charge in [0.2, 0.25) is 0 Å². The van der Waals surface area contributed by atoms with Gasteiger partial charge in [0.15, 0.2) is 12.6 Å². The van der Waals surface area contributed by atoms with Crippen molar-refractivity contribution in [1.82, 2.24) is 0 Å². The number of methoxy groups -OCH3 is 2. The van der Waals surface area contributed by atoms with Crippen LogP contribution in [0, 0.1) is 5.92 Å². The van der Waals surface area contributed by atoms with E-state index in [1.54, 1.807) is 13.2 Å². The number of carboxylic acid groups (broad SMARTS) is 1. The van der Waals surface area contributed by atoms with Crippen LogP contribution in [-0.4, -0.2) is 37.9 Å². The van der Waals surface area contributed by atoms with Crippen molar-refractivity contribution in [2.24, 2.45) is 5.92 Å². The smallest absolute Gasteiger partial charge is 0.327 e. The Hall–Kier alpha value is -0.910. The molecule has 1 heterocycles. The van der Waals surface area contributed by atoms with Crippen molar-refractivity contribution in [1.29, 1.82) is 0 Å². The molecule has 0 aromatic rings. The Kier molecular flexibility index (Phi) is 4.06. The third kappa shape index (κ3) is 2.80. The topological polar surface area (TPSA) is 65.0 Å². The van der Waals surface area contributed by atoms with Gasteiger partial charge >= 0.3 is 5.97 Å². The van der Waals surface area contributed by atoms with E-state index in [1.807, 2.05) is 0 Å². The predicted octanol–water partition coefficient (Wildman–Crippen LogP) is 0.609. The first kappa shape index (κ1) is 11.2. The van der Waals surface area contributed by atoms with E-state index in [1.165, 1.54) is 7.11 Å². The van der Waals surface area contributed by atoms with E-state index in [9.17, 15) is 4.79 Å². The zero-order valence-corrected chi connectivity index (χ0v) is 8.17. The summed E-state index contributed by atoms with van der Waals surface area (Å²) in [4.78, 5) is 10.3. The monoisotopic (exact) mass is 202 g/mol. The van der Waals surface area contributed by atoms with Gasteiger partial charge in [-0.1, -0.05) is 6.08 Å². The first-order valence-electron chi connectivity index (χ1n) is 4.29. The van der Waals surface area contributed by atoms with Gasteiger partial charge in [-0.05, 0) is 0 Å². The number of hydrogen-bond donors (Lipinski definition) is 1. The van der Waals surface area contributed by atoms with Gasteiger partial charge in [0, 0.05) is 32.6 Å². The summed E-state index contributed by atoms with van der Waals surface area (Å²) in [7, 11) is 3.06. The van der Waals surface area contributed by atoms with Crippen LogP contribution in [0.15, 0.2) is 12.2 Å². The Morgan fingerprint density at radius 1 is 1.50 bits per heavy atom. The molecule has 0 aliphatic carbocycles. The number of hydrogen-bond acceptors (Lipinski definition) is 4. The van der Waals surface area contributed by atoms with Crippen molar-refractivity contribution in [2.75, 3.05) is 14.2 Å². The lowest BCUT2D eigenvalue weighted by atomic mass is 10.1. The van der Waals surface area contributed by atoms with Crippen LogP contribution < -0.4 is 0 Å². The highest BCUT2D eigenvalue weighted by Crippen LogP contribution is 2.28. The molecule has 1 N–H and O–H groups in total. The van der Waals surface area contributed by atoms with Crippen LogP contribution in [0.2, 0.25) is 0 Å². The molecule has 1 aliphatic rings. The molecule has 1 fully saturated rings. The minimum Gasteiger partial charge on any atom is -0.478 e. The van der Waals surface area contributed by atoms with E-state index < -0.39 is 12.3 Å². The molecule has 0 aromatic carbocycles. The maximum atomic E-state index is 10.3. The third-order valence-electron chi connectivity index (χ3n) is 2.08. The molecule has 14 heavy (non-hydrogen) atoms. The molecule has 0 bridgehead atoms. The Morgan fingerprint density at radius 3 is 2.71 bits per heavy atom. The molecular weight excluding hydrogens is 188 g/mol. The average molecular weight is 202 g/mol. The van der Waals surface area contributed by atoms with E-state index in [4.69, 9.17) is 19.3 Å². The molecular formula is C9H14O5. The van der Waals surface area contributed by atoms with E-state index in [0.717, 1.165) is 6.08 Å². The number of rotatable bonds is 4. The zero-order chi connectivity index (χ0) is 10.6. The highest BCUT2D eigenvalue weighted by atomic mass is 16.8. The minimum absolute atomic E-state index is 0.0685. The molecule has 80 valence electrons. The van der Waals surface area contributed by atoms with Gasteiger partial charge in [0.05, 0.1) is 0 Å². The molecule has 0 amide bonds. The maximum absolute atomic E-state index is 10.3. The third-order valence-corrected chi connectivity index (χ3v) is 2.08. The van der Waals surface area contributed by atoms with E-state index in [2.05, 4.69) is 0 Å². The van der Waals surface area contributed by atoms with Gasteiger partial charge in [0.1, 0.15) is 0 Å². The van der Waals surface area contributed by atoms with Gasteiger partial charge in [-0.3, -0.25) is 0 Å². The fraction of sp³-hybridized carbons (Fsp3) is 0.667. The van der Waals surface area contributed by atoms with Crippen LogP contribution in [0.1, 0.15) is 6.42 Å². The van der Waals surface area contributed by atoms with Crippen LogP contribution in [0.25, 0.3) is 0 Å². The molecule has 3 unspecified atom stereocenters. The molecule has 0 aromatic heterocycles. The standard InChI is InChI=1S/C9H14O5/c1-12-8-5-6(3-4-7(10)11)9(13-2)14-8/h3-4,6,8-9H,5H2,1-2H3,(H,10,11). The molecule has 1 aliphatic heterocycles. The molecule has 5 nitrogen and oxygen atoms in total. The summed E-state index contributed by atoms with van der Waals surface area (Å²) in [6.07, 6.45) is 2.53. The van der Waals surface area contributed by atoms with Gasteiger partial charge in [-0.15, -0.1) is 0 Å². The van der Waals surface area contributed by atoms with Crippen LogP contribution in [0.3, 0.4) is 0 Å². The fourth-order valence-corrected chi connectivity index (χ4v) is 1.40. The Bertz CT molecular complexity index is 225. The Morgan fingerprint density at radius 2 is 2.21 bits per heavy atom. The van der Waals surface area contributed by atoms with Crippen molar-refractivity contribution < 1.29 is 24.1 Å². The maximum Gasteiger partial charge on any atom is 0.327 e. The minimum atomic E-state index is -0.972. The van der Waals surface area contributed by atoms with Gasteiger partial charge in [0.25, 0.3) is 0 Å². The summed E-state index contributed by atoms with van der Waals surface area (Å²) in [5.41, 5.74) is 0. The lowest BCUT2D eigenvalue weighted by Gasteiger charge is -2.12.